The van der Waals surface area contributed by atoms with E-state index < -0.39 is 0 Å². The van der Waals surface area contributed by atoms with Gasteiger partial charge in [0.15, 0.2) is 5.13 Å². The normalized spacial score (nSPS) is 10.9. The largest absolute Gasteiger partial charge is 0.380 e. The maximum absolute atomic E-state index is 5.26. The van der Waals surface area contributed by atoms with Gasteiger partial charge in [0.25, 0.3) is 0 Å². The van der Waals surface area contributed by atoms with Crippen molar-refractivity contribution >= 4 is 42.6 Å². The van der Waals surface area contributed by atoms with Gasteiger partial charge in [-0.1, -0.05) is 27.3 Å². The van der Waals surface area contributed by atoms with Crippen molar-refractivity contribution in [3.8, 4) is 0 Å². The van der Waals surface area contributed by atoms with Crippen molar-refractivity contribution in [1.29, 1.82) is 0 Å². The average molecular weight is 301 g/mol. The zero-order valence-corrected chi connectivity index (χ0v) is 11.4. The highest BCUT2D eigenvalue weighted by Gasteiger charge is 2.03. The van der Waals surface area contributed by atoms with Crippen molar-refractivity contribution in [2.75, 3.05) is 25.1 Å². The fourth-order valence-electron chi connectivity index (χ4n) is 1.35. The zero-order valence-electron chi connectivity index (χ0n) is 9.00. The highest BCUT2D eigenvalue weighted by atomic mass is 79.9. The van der Waals surface area contributed by atoms with Crippen LogP contribution in [-0.4, -0.2) is 24.7 Å². The number of hydrogen-bond donors (Lipinski definition) is 1. The number of nitrogens with one attached hydrogen (secondary N) is 1. The lowest BCUT2D eigenvalue weighted by atomic mass is 10.3. The lowest BCUT2D eigenvalue weighted by Crippen LogP contribution is -2.08. The molecule has 1 aromatic carbocycles. The molecule has 0 spiro atoms. The number of ether oxygens (including phenoxy) is 1. The molecule has 0 aliphatic carbocycles. The fourth-order valence-corrected chi connectivity index (χ4v) is 2.57. The van der Waals surface area contributed by atoms with Gasteiger partial charge in [0.05, 0.1) is 16.8 Å². The van der Waals surface area contributed by atoms with Crippen LogP contribution in [0.4, 0.5) is 5.13 Å². The summed E-state index contributed by atoms with van der Waals surface area (Å²) < 4.78 is 7.51. The summed E-state index contributed by atoms with van der Waals surface area (Å²) in [6, 6.07) is 6.13. The first-order valence-electron chi connectivity index (χ1n) is 5.17. The Morgan fingerprint density at radius 1 is 1.50 bits per heavy atom. The number of thiazole rings is 1. The quantitative estimate of drug-likeness (QED) is 0.858. The molecular weight excluding hydrogens is 288 g/mol. The Bertz CT molecular complexity index is 472. The molecule has 0 atom stereocenters. The predicted molar refractivity (Wildman–Crippen MR) is 72.3 cm³/mol. The first-order chi connectivity index (χ1) is 7.79. The fraction of sp³-hybridized carbons (Fsp3) is 0.364. The summed E-state index contributed by atoms with van der Waals surface area (Å²) in [7, 11) is 0. The molecule has 0 aliphatic rings. The molecule has 0 fully saturated rings. The maximum atomic E-state index is 5.26. The van der Waals surface area contributed by atoms with Gasteiger partial charge in [-0.05, 0) is 25.1 Å². The van der Waals surface area contributed by atoms with Crippen molar-refractivity contribution in [2.45, 2.75) is 6.92 Å². The van der Waals surface area contributed by atoms with E-state index in [0.717, 1.165) is 34.9 Å². The van der Waals surface area contributed by atoms with Crippen molar-refractivity contribution in [3.63, 3.8) is 0 Å². The second-order valence-electron chi connectivity index (χ2n) is 3.25. The minimum Gasteiger partial charge on any atom is -0.380 e. The number of nitrogens with zero attached hydrogens (tertiary/aromatic N) is 1. The summed E-state index contributed by atoms with van der Waals surface area (Å²) in [5.41, 5.74) is 1.03. The number of hydrogen-bond acceptors (Lipinski definition) is 4. The minimum atomic E-state index is 0.718. The minimum absolute atomic E-state index is 0.718. The van der Waals surface area contributed by atoms with Crippen LogP contribution in [0.1, 0.15) is 6.92 Å². The van der Waals surface area contributed by atoms with E-state index in [9.17, 15) is 0 Å². The van der Waals surface area contributed by atoms with Gasteiger partial charge in [0.2, 0.25) is 0 Å². The monoisotopic (exact) mass is 300 g/mol. The number of anilines is 1. The molecule has 0 radical (unpaired) electrons. The van der Waals surface area contributed by atoms with Crippen LogP contribution in [0.3, 0.4) is 0 Å². The summed E-state index contributed by atoms with van der Waals surface area (Å²) in [4.78, 5) is 4.49. The van der Waals surface area contributed by atoms with Gasteiger partial charge >= 0.3 is 0 Å². The molecule has 0 unspecified atom stereocenters. The van der Waals surface area contributed by atoms with E-state index in [2.05, 4.69) is 32.3 Å². The molecule has 3 nitrogen and oxygen atoms in total. The van der Waals surface area contributed by atoms with Crippen molar-refractivity contribution in [3.05, 3.63) is 22.7 Å². The molecule has 1 heterocycles. The Labute approximate surface area is 107 Å². The van der Waals surface area contributed by atoms with Gasteiger partial charge < -0.3 is 10.1 Å². The van der Waals surface area contributed by atoms with Crippen molar-refractivity contribution < 1.29 is 4.74 Å². The van der Waals surface area contributed by atoms with E-state index in [1.165, 1.54) is 4.70 Å². The maximum Gasteiger partial charge on any atom is 0.183 e. The Hall–Kier alpha value is -0.650. The van der Waals surface area contributed by atoms with Crippen LogP contribution >= 0.6 is 27.3 Å². The van der Waals surface area contributed by atoms with Gasteiger partial charge in [0, 0.05) is 17.6 Å². The molecule has 0 aliphatic heterocycles. The second-order valence-corrected chi connectivity index (χ2v) is 5.20. The number of rotatable bonds is 5. The van der Waals surface area contributed by atoms with E-state index in [1.54, 1.807) is 11.3 Å². The third-order valence-electron chi connectivity index (χ3n) is 2.08. The van der Waals surface area contributed by atoms with Crippen LogP contribution in [0, 0.1) is 0 Å². The van der Waals surface area contributed by atoms with Crippen molar-refractivity contribution in [2.24, 2.45) is 0 Å². The third-order valence-corrected chi connectivity index (χ3v) is 3.56. The summed E-state index contributed by atoms with van der Waals surface area (Å²) >= 11 is 5.10. The Kier molecular flexibility index (Phi) is 4.15. The SMILES string of the molecule is CCOCCNc1nc2cc(Br)ccc2s1. The number of halogens is 1. The summed E-state index contributed by atoms with van der Waals surface area (Å²) in [6.07, 6.45) is 0. The molecular formula is C11H13BrN2OS. The number of benzene rings is 1. The first-order valence-corrected chi connectivity index (χ1v) is 6.78. The van der Waals surface area contributed by atoms with Crippen LogP contribution in [0.5, 0.6) is 0 Å². The smallest absolute Gasteiger partial charge is 0.183 e. The van der Waals surface area contributed by atoms with Gasteiger partial charge in [-0.2, -0.15) is 0 Å². The standard InChI is InChI=1S/C11H13BrN2OS/c1-2-15-6-5-13-11-14-9-7-8(12)3-4-10(9)16-11/h3-4,7H,2,5-6H2,1H3,(H,13,14). The first kappa shape index (κ1) is 11.8. The van der Waals surface area contributed by atoms with Crippen LogP contribution < -0.4 is 5.32 Å². The number of fused-ring (bicyclic) bond motifs is 1. The van der Waals surface area contributed by atoms with E-state index in [0.29, 0.717) is 0 Å². The summed E-state index contributed by atoms with van der Waals surface area (Å²) in [6.45, 7) is 4.27. The second kappa shape index (κ2) is 5.61. The topological polar surface area (TPSA) is 34.1 Å². The summed E-state index contributed by atoms with van der Waals surface area (Å²) in [5, 5.41) is 4.21. The van der Waals surface area contributed by atoms with Crippen molar-refractivity contribution in [1.82, 2.24) is 4.98 Å². The third kappa shape index (κ3) is 2.93. The van der Waals surface area contributed by atoms with Crippen LogP contribution in [-0.2, 0) is 4.74 Å². The van der Waals surface area contributed by atoms with Gasteiger partial charge in [-0.25, -0.2) is 4.98 Å². The highest BCUT2D eigenvalue weighted by molar-refractivity contribution is 9.10. The van der Waals surface area contributed by atoms with E-state index in [4.69, 9.17) is 4.74 Å². The lowest BCUT2D eigenvalue weighted by Gasteiger charge is -2.01. The molecule has 1 aromatic heterocycles. The molecule has 0 saturated heterocycles. The molecule has 2 rings (SSSR count). The van der Waals surface area contributed by atoms with Gasteiger partial charge in [0.1, 0.15) is 0 Å². The van der Waals surface area contributed by atoms with Crippen LogP contribution in [0.2, 0.25) is 0 Å². The molecule has 86 valence electrons. The van der Waals surface area contributed by atoms with E-state index in [-0.39, 0.29) is 0 Å². The predicted octanol–water partition coefficient (Wildman–Crippen LogP) is 3.51. The van der Waals surface area contributed by atoms with Crippen LogP contribution in [0.25, 0.3) is 10.2 Å². The van der Waals surface area contributed by atoms with E-state index in [1.807, 2.05) is 19.1 Å². The molecule has 0 saturated carbocycles. The lowest BCUT2D eigenvalue weighted by molar-refractivity contribution is 0.158. The van der Waals surface area contributed by atoms with Gasteiger partial charge in [-0.3, -0.25) is 0 Å². The summed E-state index contributed by atoms with van der Waals surface area (Å²) in [5.74, 6) is 0. The highest BCUT2D eigenvalue weighted by Crippen LogP contribution is 2.27. The molecule has 0 bridgehead atoms. The Morgan fingerprint density at radius 2 is 2.38 bits per heavy atom. The Morgan fingerprint density at radius 3 is 3.19 bits per heavy atom. The molecule has 2 aromatic rings. The Balaban J connectivity index is 2.02. The van der Waals surface area contributed by atoms with Gasteiger partial charge in [-0.15, -0.1) is 0 Å². The molecule has 1 N–H and O–H groups in total. The molecule has 5 heteroatoms. The average Bonchev–Trinajstić information content (AvgIpc) is 2.66. The molecule has 16 heavy (non-hydrogen) atoms. The van der Waals surface area contributed by atoms with E-state index >= 15 is 0 Å². The number of aromatic nitrogens is 1. The van der Waals surface area contributed by atoms with Crippen LogP contribution in [0.15, 0.2) is 22.7 Å². The zero-order chi connectivity index (χ0) is 11.4. The molecule has 0 amide bonds.